The number of amides is 1. The first-order valence-electron chi connectivity index (χ1n) is 25.5. The lowest BCUT2D eigenvalue weighted by Crippen LogP contribution is -2.48. The van der Waals surface area contributed by atoms with Gasteiger partial charge in [-0.1, -0.05) is 236 Å². The molecule has 0 saturated carbocycles. The molecule has 5 nitrogen and oxygen atoms in total. The molecule has 0 aliphatic carbocycles. The van der Waals surface area contributed by atoms with Gasteiger partial charge in [0.15, 0.2) is 0 Å². The van der Waals surface area contributed by atoms with Crippen LogP contribution in [0.1, 0.15) is 258 Å². The van der Waals surface area contributed by atoms with E-state index in [1.807, 2.05) is 6.08 Å². The molecule has 0 heterocycles. The highest BCUT2D eigenvalue weighted by atomic mass is 16.3. The predicted molar refractivity (Wildman–Crippen MR) is 254 cm³/mol. The van der Waals surface area contributed by atoms with Crippen LogP contribution in [0.4, 0.5) is 0 Å². The van der Waals surface area contributed by atoms with Gasteiger partial charge in [-0.3, -0.25) is 4.79 Å². The molecule has 0 radical (unpaired) electrons. The maximum atomic E-state index is 12.5. The molecule has 0 saturated heterocycles. The van der Waals surface area contributed by atoms with E-state index in [1.54, 1.807) is 6.08 Å². The average Bonchev–Trinajstić information content (AvgIpc) is 3.23. The van der Waals surface area contributed by atoms with Crippen LogP contribution in [0.3, 0.4) is 0 Å². The van der Waals surface area contributed by atoms with Crippen molar-refractivity contribution in [3.05, 3.63) is 48.6 Å². The minimum atomic E-state index is -1.11. The highest BCUT2D eigenvalue weighted by Crippen LogP contribution is 2.15. The smallest absolute Gasteiger partial charge is 0.249 e. The van der Waals surface area contributed by atoms with Crippen molar-refractivity contribution in [3.63, 3.8) is 0 Å². The van der Waals surface area contributed by atoms with E-state index in [2.05, 4.69) is 55.6 Å². The van der Waals surface area contributed by atoms with Crippen LogP contribution in [0.5, 0.6) is 0 Å². The van der Waals surface area contributed by atoms with Crippen LogP contribution in [0.25, 0.3) is 0 Å². The molecule has 3 unspecified atom stereocenters. The second kappa shape index (κ2) is 48.0. The fraction of sp³-hybridized carbons (Fsp3) is 0.830. The summed E-state index contributed by atoms with van der Waals surface area (Å²) in [5.41, 5.74) is 0. The molecule has 4 N–H and O–H groups in total. The molecule has 58 heavy (non-hydrogen) atoms. The van der Waals surface area contributed by atoms with Crippen LogP contribution in [-0.2, 0) is 4.79 Å². The van der Waals surface area contributed by atoms with Crippen LogP contribution < -0.4 is 5.32 Å². The van der Waals surface area contributed by atoms with Gasteiger partial charge in [-0.05, 0) is 70.6 Å². The Morgan fingerprint density at radius 3 is 1.05 bits per heavy atom. The van der Waals surface area contributed by atoms with Crippen LogP contribution in [0.15, 0.2) is 48.6 Å². The lowest BCUT2D eigenvalue weighted by atomic mass is 10.0. The quantitative estimate of drug-likeness (QED) is 0.0364. The molecule has 340 valence electrons. The summed E-state index contributed by atoms with van der Waals surface area (Å²) in [7, 11) is 0. The SMILES string of the molecule is CCCCCCCCCCC/C=C/CC/C=C/CC/C=C/C(O)C(CO)NC(=O)C(O)CCCCCCCCCCC/C=C\CCCCCCCCCCCCCC. The van der Waals surface area contributed by atoms with Crippen LogP contribution in [0, 0.1) is 0 Å². The van der Waals surface area contributed by atoms with Crippen molar-refractivity contribution in [2.75, 3.05) is 6.61 Å². The van der Waals surface area contributed by atoms with E-state index in [0.717, 1.165) is 44.9 Å². The normalized spacial score (nSPS) is 13.8. The number of nitrogens with one attached hydrogen (secondary N) is 1. The van der Waals surface area contributed by atoms with Gasteiger partial charge in [0, 0.05) is 0 Å². The van der Waals surface area contributed by atoms with Gasteiger partial charge in [-0.25, -0.2) is 0 Å². The number of hydrogen-bond acceptors (Lipinski definition) is 4. The van der Waals surface area contributed by atoms with E-state index in [4.69, 9.17) is 0 Å². The molecular weight excluding hydrogens is 715 g/mol. The number of aliphatic hydroxyl groups is 3. The minimum Gasteiger partial charge on any atom is -0.394 e. The molecule has 0 aliphatic rings. The van der Waals surface area contributed by atoms with Gasteiger partial charge in [0.05, 0.1) is 18.8 Å². The van der Waals surface area contributed by atoms with Gasteiger partial charge in [-0.2, -0.15) is 0 Å². The summed E-state index contributed by atoms with van der Waals surface area (Å²) < 4.78 is 0. The third kappa shape index (κ3) is 42.4. The fourth-order valence-electron chi connectivity index (χ4n) is 7.62. The van der Waals surface area contributed by atoms with Crippen molar-refractivity contribution >= 4 is 5.91 Å². The second-order valence-corrected chi connectivity index (χ2v) is 17.4. The molecule has 0 aromatic rings. The zero-order chi connectivity index (χ0) is 42.3. The van der Waals surface area contributed by atoms with E-state index in [9.17, 15) is 20.1 Å². The van der Waals surface area contributed by atoms with E-state index < -0.39 is 24.2 Å². The summed E-state index contributed by atoms with van der Waals surface area (Å²) in [6.45, 7) is 4.18. The van der Waals surface area contributed by atoms with Crippen molar-refractivity contribution in [1.29, 1.82) is 0 Å². The number of hydrogen-bond donors (Lipinski definition) is 4. The van der Waals surface area contributed by atoms with Crippen LogP contribution in [0.2, 0.25) is 0 Å². The van der Waals surface area contributed by atoms with Crippen LogP contribution in [-0.4, -0.2) is 46.1 Å². The second-order valence-electron chi connectivity index (χ2n) is 17.4. The maximum absolute atomic E-state index is 12.5. The molecular formula is C53H99NO4. The molecule has 5 heteroatoms. The molecule has 0 aromatic heterocycles. The Morgan fingerprint density at radius 1 is 0.414 bits per heavy atom. The number of aliphatic hydroxyl groups excluding tert-OH is 3. The fourth-order valence-corrected chi connectivity index (χ4v) is 7.62. The third-order valence-corrected chi connectivity index (χ3v) is 11.6. The first-order valence-corrected chi connectivity index (χ1v) is 25.5. The number of allylic oxidation sites excluding steroid dienone is 7. The molecule has 1 amide bonds. The van der Waals surface area contributed by atoms with Gasteiger partial charge >= 0.3 is 0 Å². The molecule has 0 rings (SSSR count). The van der Waals surface area contributed by atoms with Crippen molar-refractivity contribution in [2.24, 2.45) is 0 Å². The average molecular weight is 814 g/mol. The van der Waals surface area contributed by atoms with E-state index in [-0.39, 0.29) is 6.61 Å². The van der Waals surface area contributed by atoms with Crippen LogP contribution >= 0.6 is 0 Å². The third-order valence-electron chi connectivity index (χ3n) is 11.6. The first-order chi connectivity index (χ1) is 28.6. The Kier molecular flexibility index (Phi) is 46.6. The maximum Gasteiger partial charge on any atom is 0.249 e. The standard InChI is InChI=1S/C53H99NO4/c1-3-5-7-9-11-13-15-17-19-21-23-24-25-26-27-28-30-32-34-36-38-40-42-44-46-48-52(57)53(58)54-50(49-55)51(56)47-45-43-41-39-37-35-33-31-29-22-20-18-16-14-12-10-8-6-4-2/h26-27,29,31,37,39,45,47,50-52,55-57H,3-25,28,30,32-36,38,40-44,46,48-49H2,1-2H3,(H,54,58)/b27-26-,31-29+,39-37+,47-45+. The summed E-state index contributed by atoms with van der Waals surface area (Å²) in [6, 6.07) is -0.823. The molecule has 0 bridgehead atoms. The molecule has 0 aromatic carbocycles. The van der Waals surface area contributed by atoms with Crippen molar-refractivity contribution in [3.8, 4) is 0 Å². The lowest BCUT2D eigenvalue weighted by molar-refractivity contribution is -0.131. The van der Waals surface area contributed by atoms with E-state index in [0.29, 0.717) is 6.42 Å². The zero-order valence-corrected chi connectivity index (χ0v) is 38.7. The van der Waals surface area contributed by atoms with Crippen molar-refractivity contribution in [2.45, 2.75) is 276 Å². The first kappa shape index (κ1) is 56.3. The Balaban J connectivity index is 3.67. The highest BCUT2D eigenvalue weighted by Gasteiger charge is 2.22. The number of unbranched alkanes of at least 4 members (excludes halogenated alkanes) is 32. The van der Waals surface area contributed by atoms with E-state index >= 15 is 0 Å². The monoisotopic (exact) mass is 814 g/mol. The van der Waals surface area contributed by atoms with Crippen molar-refractivity contribution in [1.82, 2.24) is 5.32 Å². The number of carbonyl (C=O) groups excluding carboxylic acids is 1. The van der Waals surface area contributed by atoms with E-state index in [1.165, 1.54) is 193 Å². The number of carbonyl (C=O) groups is 1. The minimum absolute atomic E-state index is 0.382. The summed E-state index contributed by atoms with van der Waals surface area (Å²) >= 11 is 0. The summed E-state index contributed by atoms with van der Waals surface area (Å²) in [5.74, 6) is -0.518. The van der Waals surface area contributed by atoms with Crippen molar-refractivity contribution < 1.29 is 20.1 Å². The summed E-state index contributed by atoms with van der Waals surface area (Å²) in [5, 5.41) is 33.2. The summed E-state index contributed by atoms with van der Waals surface area (Å²) in [6.07, 6.45) is 63.1. The molecule has 0 spiro atoms. The molecule has 0 fully saturated rings. The Hall–Kier alpha value is -1.69. The molecule has 3 atom stereocenters. The Morgan fingerprint density at radius 2 is 0.707 bits per heavy atom. The highest BCUT2D eigenvalue weighted by molar-refractivity contribution is 5.80. The van der Waals surface area contributed by atoms with Gasteiger partial charge in [0.1, 0.15) is 6.10 Å². The Bertz CT molecular complexity index is 943. The predicted octanol–water partition coefficient (Wildman–Crippen LogP) is 15.3. The number of rotatable bonds is 46. The van der Waals surface area contributed by atoms with Gasteiger partial charge < -0.3 is 20.6 Å². The Labute approximate surface area is 361 Å². The molecule has 0 aliphatic heterocycles. The zero-order valence-electron chi connectivity index (χ0n) is 38.7. The largest absolute Gasteiger partial charge is 0.394 e. The summed E-state index contributed by atoms with van der Waals surface area (Å²) in [4.78, 5) is 12.5. The van der Waals surface area contributed by atoms with Gasteiger partial charge in [0.2, 0.25) is 5.91 Å². The van der Waals surface area contributed by atoms with Gasteiger partial charge in [-0.15, -0.1) is 0 Å². The van der Waals surface area contributed by atoms with Gasteiger partial charge in [0.25, 0.3) is 0 Å². The topological polar surface area (TPSA) is 89.8 Å². The lowest BCUT2D eigenvalue weighted by Gasteiger charge is -2.21.